The minimum atomic E-state index is -0.599. The number of likely N-dealkylation sites (tertiary alicyclic amines) is 1. The Kier molecular flexibility index (Phi) is 6.27. The number of Topliss-reactive ketones (excluding diaryl/α,β-unsaturated/α-hetero) is 1. The number of carbonyl (C=O) groups excluding carboxylic acids is 3. The van der Waals surface area contributed by atoms with Crippen LogP contribution in [0.4, 0.5) is 0 Å². The highest BCUT2D eigenvalue weighted by Crippen LogP contribution is 2.22. The van der Waals surface area contributed by atoms with Crippen LogP contribution in [0.3, 0.4) is 0 Å². The maximum absolute atomic E-state index is 12.8. The van der Waals surface area contributed by atoms with Gasteiger partial charge < -0.3 is 14.8 Å². The van der Waals surface area contributed by atoms with Crippen molar-refractivity contribution in [1.82, 2.24) is 14.8 Å². The predicted octanol–water partition coefficient (Wildman–Crippen LogP) is 2.75. The third kappa shape index (κ3) is 4.38. The van der Waals surface area contributed by atoms with Crippen molar-refractivity contribution in [3.8, 4) is 0 Å². The van der Waals surface area contributed by atoms with Crippen LogP contribution in [0.15, 0.2) is 30.5 Å². The van der Waals surface area contributed by atoms with E-state index >= 15 is 0 Å². The minimum Gasteiger partial charge on any atom is -0.349 e. The lowest BCUT2D eigenvalue weighted by Gasteiger charge is -2.20. The Balaban J connectivity index is 1.85. The number of aromatic nitrogens is 1. The van der Waals surface area contributed by atoms with E-state index in [1.807, 2.05) is 36.1 Å². The third-order valence-electron chi connectivity index (χ3n) is 5.04. The molecule has 0 aliphatic carbocycles. The molecule has 0 bridgehead atoms. The zero-order valence-corrected chi connectivity index (χ0v) is 15.9. The lowest BCUT2D eigenvalue weighted by Crippen LogP contribution is -2.34. The van der Waals surface area contributed by atoms with Crippen LogP contribution in [0.5, 0.6) is 0 Å². The summed E-state index contributed by atoms with van der Waals surface area (Å²) < 4.78 is 1.79. The summed E-state index contributed by atoms with van der Waals surface area (Å²) in [6.07, 6.45) is 6.84. The van der Waals surface area contributed by atoms with Crippen LogP contribution in [0.2, 0.25) is 0 Å². The third-order valence-corrected chi connectivity index (χ3v) is 5.04. The number of nitrogens with zero attached hydrogens (tertiary/aromatic N) is 2. The summed E-state index contributed by atoms with van der Waals surface area (Å²) in [6, 6.07) is 7.42. The molecule has 27 heavy (non-hydrogen) atoms. The normalized spacial score (nSPS) is 14.8. The van der Waals surface area contributed by atoms with Gasteiger partial charge in [0.2, 0.25) is 5.91 Å². The van der Waals surface area contributed by atoms with Crippen LogP contribution in [-0.2, 0) is 16.1 Å². The number of hydrogen-bond donors (Lipinski definition) is 1. The van der Waals surface area contributed by atoms with Crippen LogP contribution in [0, 0.1) is 0 Å². The van der Waals surface area contributed by atoms with Crippen molar-refractivity contribution in [3.63, 3.8) is 0 Å². The second-order valence-corrected chi connectivity index (χ2v) is 7.07. The standard InChI is InChI=1S/C21H27N3O3/c1-2-11-22-21(27)20(26)17-14-24(18-10-6-5-9-16(17)18)15-19(25)23-12-7-3-4-8-13-23/h5-6,9-10,14H,2-4,7-8,11-13,15H2,1H3,(H,22,27). The van der Waals surface area contributed by atoms with Crippen molar-refractivity contribution in [2.24, 2.45) is 0 Å². The zero-order chi connectivity index (χ0) is 19.2. The molecule has 2 amide bonds. The first-order valence-electron chi connectivity index (χ1n) is 9.80. The predicted molar refractivity (Wildman–Crippen MR) is 105 cm³/mol. The van der Waals surface area contributed by atoms with E-state index in [-0.39, 0.29) is 12.5 Å². The van der Waals surface area contributed by atoms with E-state index in [1.54, 1.807) is 10.8 Å². The molecular formula is C21H27N3O3. The Labute approximate surface area is 159 Å². The Morgan fingerprint density at radius 3 is 2.44 bits per heavy atom. The number of nitrogens with one attached hydrogen (secondary N) is 1. The second-order valence-electron chi connectivity index (χ2n) is 7.07. The molecule has 1 aromatic heterocycles. The minimum absolute atomic E-state index is 0.0621. The van der Waals surface area contributed by atoms with E-state index in [9.17, 15) is 14.4 Å². The van der Waals surface area contributed by atoms with Gasteiger partial charge in [-0.05, 0) is 25.3 Å². The number of para-hydroxylation sites is 1. The molecule has 6 nitrogen and oxygen atoms in total. The van der Waals surface area contributed by atoms with Crippen molar-refractivity contribution in [3.05, 3.63) is 36.0 Å². The van der Waals surface area contributed by atoms with Gasteiger partial charge in [0.05, 0.1) is 5.56 Å². The topological polar surface area (TPSA) is 71.4 Å². The Morgan fingerprint density at radius 1 is 1.04 bits per heavy atom. The summed E-state index contributed by atoms with van der Waals surface area (Å²) in [5, 5.41) is 3.34. The molecule has 1 aliphatic rings. The molecule has 1 N–H and O–H groups in total. The van der Waals surface area contributed by atoms with Gasteiger partial charge in [0, 0.05) is 36.7 Å². The number of rotatable bonds is 6. The number of hydrogen-bond acceptors (Lipinski definition) is 3. The van der Waals surface area contributed by atoms with Gasteiger partial charge in [-0.3, -0.25) is 14.4 Å². The second kappa shape index (κ2) is 8.84. The van der Waals surface area contributed by atoms with Gasteiger partial charge in [-0.15, -0.1) is 0 Å². The lowest BCUT2D eigenvalue weighted by atomic mass is 10.1. The van der Waals surface area contributed by atoms with Gasteiger partial charge in [-0.25, -0.2) is 0 Å². The molecule has 1 aliphatic heterocycles. The van der Waals surface area contributed by atoms with Crippen molar-refractivity contribution in [2.45, 2.75) is 45.6 Å². The molecular weight excluding hydrogens is 342 g/mol. The summed E-state index contributed by atoms with van der Waals surface area (Å²) >= 11 is 0. The maximum atomic E-state index is 12.8. The van der Waals surface area contributed by atoms with Crippen LogP contribution < -0.4 is 5.32 Å². The van der Waals surface area contributed by atoms with Gasteiger partial charge in [0.25, 0.3) is 11.7 Å². The molecule has 1 aromatic carbocycles. The molecule has 2 aromatic rings. The molecule has 1 fully saturated rings. The quantitative estimate of drug-likeness (QED) is 0.629. The Morgan fingerprint density at radius 2 is 1.74 bits per heavy atom. The zero-order valence-electron chi connectivity index (χ0n) is 15.9. The molecule has 6 heteroatoms. The van der Waals surface area contributed by atoms with Crippen molar-refractivity contribution >= 4 is 28.5 Å². The number of ketones is 1. The number of carbonyl (C=O) groups is 3. The van der Waals surface area contributed by atoms with Gasteiger partial charge in [-0.2, -0.15) is 0 Å². The van der Waals surface area contributed by atoms with E-state index in [0.29, 0.717) is 17.5 Å². The Bertz CT molecular complexity index is 832. The van der Waals surface area contributed by atoms with Crippen molar-refractivity contribution < 1.29 is 14.4 Å². The van der Waals surface area contributed by atoms with Crippen LogP contribution in [-0.4, -0.2) is 46.7 Å². The lowest BCUT2D eigenvalue weighted by molar-refractivity contribution is -0.131. The summed E-state index contributed by atoms with van der Waals surface area (Å²) in [5.41, 5.74) is 1.15. The summed E-state index contributed by atoms with van der Waals surface area (Å²) in [5.74, 6) is -1.09. The van der Waals surface area contributed by atoms with E-state index in [4.69, 9.17) is 0 Å². The highest BCUT2D eigenvalue weighted by molar-refractivity contribution is 6.45. The maximum Gasteiger partial charge on any atom is 0.292 e. The van der Waals surface area contributed by atoms with Gasteiger partial charge in [0.1, 0.15) is 6.54 Å². The first-order valence-corrected chi connectivity index (χ1v) is 9.80. The monoisotopic (exact) mass is 369 g/mol. The smallest absolute Gasteiger partial charge is 0.292 e. The average Bonchev–Trinajstić information content (AvgIpc) is 2.86. The summed E-state index contributed by atoms with van der Waals surface area (Å²) in [4.78, 5) is 39.4. The molecule has 0 radical (unpaired) electrons. The molecule has 0 saturated carbocycles. The van der Waals surface area contributed by atoms with E-state index < -0.39 is 11.7 Å². The van der Waals surface area contributed by atoms with Crippen molar-refractivity contribution in [1.29, 1.82) is 0 Å². The summed E-state index contributed by atoms with van der Waals surface area (Å²) in [7, 11) is 0. The van der Waals surface area contributed by atoms with Crippen LogP contribution >= 0.6 is 0 Å². The first-order chi connectivity index (χ1) is 13.1. The van der Waals surface area contributed by atoms with E-state index in [0.717, 1.165) is 37.9 Å². The fourth-order valence-electron chi connectivity index (χ4n) is 3.57. The Hall–Kier alpha value is -2.63. The average molecular weight is 369 g/mol. The highest BCUT2D eigenvalue weighted by Gasteiger charge is 2.23. The largest absolute Gasteiger partial charge is 0.349 e. The van der Waals surface area contributed by atoms with Crippen LogP contribution in [0.25, 0.3) is 10.9 Å². The van der Waals surface area contributed by atoms with E-state index in [1.165, 1.54) is 12.8 Å². The molecule has 2 heterocycles. The SMILES string of the molecule is CCCNC(=O)C(=O)c1cn(CC(=O)N2CCCCCC2)c2ccccc12. The fourth-order valence-corrected chi connectivity index (χ4v) is 3.57. The first kappa shape index (κ1) is 19.1. The van der Waals surface area contributed by atoms with Crippen molar-refractivity contribution in [2.75, 3.05) is 19.6 Å². The summed E-state index contributed by atoms with van der Waals surface area (Å²) in [6.45, 7) is 4.18. The molecule has 0 spiro atoms. The number of fused-ring (bicyclic) bond motifs is 1. The highest BCUT2D eigenvalue weighted by atomic mass is 16.2. The molecule has 144 valence electrons. The number of benzene rings is 1. The molecule has 3 rings (SSSR count). The van der Waals surface area contributed by atoms with E-state index in [2.05, 4.69) is 5.32 Å². The molecule has 1 saturated heterocycles. The molecule has 0 atom stereocenters. The van der Waals surface area contributed by atoms with Gasteiger partial charge in [0.15, 0.2) is 0 Å². The number of amides is 2. The molecule has 0 unspecified atom stereocenters. The fraction of sp³-hybridized carbons (Fsp3) is 0.476. The van der Waals surface area contributed by atoms with Gasteiger partial charge in [-0.1, -0.05) is 38.0 Å². The van der Waals surface area contributed by atoms with Crippen LogP contribution in [0.1, 0.15) is 49.4 Å². The van der Waals surface area contributed by atoms with Gasteiger partial charge >= 0.3 is 0 Å².